The summed E-state index contributed by atoms with van der Waals surface area (Å²) in [6.07, 6.45) is -4.86. The zero-order valence-electron chi connectivity index (χ0n) is 20.9. The van der Waals surface area contributed by atoms with E-state index in [-0.39, 0.29) is 50.0 Å². The summed E-state index contributed by atoms with van der Waals surface area (Å²) < 4.78 is 109. The smallest absolute Gasteiger partial charge is 0.366 e. The average molecular weight is 663 g/mol. The van der Waals surface area contributed by atoms with E-state index in [0.29, 0.717) is 28.2 Å². The minimum absolute atomic E-state index is 0.0957. The molecular formula is C25H21BrF6N6O2S. The molecule has 1 aliphatic heterocycles. The average Bonchev–Trinajstić information content (AvgIpc) is 3.31. The summed E-state index contributed by atoms with van der Waals surface area (Å²) in [5, 5.41) is 7.62. The maximum atomic E-state index is 13.3. The van der Waals surface area contributed by atoms with Crippen molar-refractivity contribution in [3.8, 4) is 0 Å². The van der Waals surface area contributed by atoms with E-state index in [1.54, 1.807) is 35.2 Å². The maximum Gasteiger partial charge on any atom is 0.416 e. The number of fused-ring (bicyclic) bond motifs is 1. The van der Waals surface area contributed by atoms with Crippen LogP contribution in [0.4, 0.5) is 32.2 Å². The lowest BCUT2D eigenvalue weighted by atomic mass is 9.94. The number of hydrogen-bond acceptors (Lipinski definition) is 6. The third-order valence-corrected chi connectivity index (χ3v) is 9.15. The van der Waals surface area contributed by atoms with Crippen LogP contribution in [0.5, 0.6) is 0 Å². The summed E-state index contributed by atoms with van der Waals surface area (Å²) in [6, 6.07) is 5.88. The van der Waals surface area contributed by atoms with Gasteiger partial charge in [-0.3, -0.25) is 4.98 Å². The van der Waals surface area contributed by atoms with Crippen LogP contribution in [0.1, 0.15) is 41.1 Å². The van der Waals surface area contributed by atoms with Crippen LogP contribution >= 0.6 is 15.9 Å². The Labute approximate surface area is 238 Å². The highest BCUT2D eigenvalue weighted by Gasteiger charge is 2.40. The summed E-state index contributed by atoms with van der Waals surface area (Å²) in [7, 11) is -4.64. The number of halogens is 7. The molecule has 0 bridgehead atoms. The van der Waals surface area contributed by atoms with E-state index < -0.39 is 38.4 Å². The molecule has 1 saturated heterocycles. The maximum absolute atomic E-state index is 13.3. The van der Waals surface area contributed by atoms with Crippen LogP contribution in [0.3, 0.4) is 0 Å². The Morgan fingerprint density at radius 1 is 0.976 bits per heavy atom. The van der Waals surface area contributed by atoms with Gasteiger partial charge in [-0.15, -0.1) is 0 Å². The van der Waals surface area contributed by atoms with Gasteiger partial charge in [-0.05, 0) is 58.6 Å². The fourth-order valence-electron chi connectivity index (χ4n) is 4.60. The number of nitrogens with zero attached hydrogens (tertiary/aromatic N) is 5. The van der Waals surface area contributed by atoms with Gasteiger partial charge in [0.2, 0.25) is 10.0 Å². The normalized spacial score (nSPS) is 15.9. The Morgan fingerprint density at radius 3 is 2.22 bits per heavy atom. The molecular weight excluding hydrogens is 642 g/mol. The molecule has 4 aromatic rings. The molecule has 0 amide bonds. The molecule has 8 nitrogen and oxygen atoms in total. The highest BCUT2D eigenvalue weighted by Crippen LogP contribution is 2.39. The molecule has 5 rings (SSSR count). The quantitative estimate of drug-likeness (QED) is 0.251. The lowest BCUT2D eigenvalue weighted by Gasteiger charge is -2.31. The van der Waals surface area contributed by atoms with E-state index >= 15 is 0 Å². The van der Waals surface area contributed by atoms with Crippen LogP contribution in [0.15, 0.2) is 64.4 Å². The third kappa shape index (κ3) is 6.18. The van der Waals surface area contributed by atoms with Gasteiger partial charge in [-0.1, -0.05) is 6.07 Å². The molecule has 1 aliphatic rings. The van der Waals surface area contributed by atoms with Gasteiger partial charge in [-0.25, -0.2) is 13.4 Å². The van der Waals surface area contributed by atoms with Gasteiger partial charge >= 0.3 is 12.4 Å². The molecule has 1 aromatic carbocycles. The second-order valence-electron chi connectivity index (χ2n) is 9.43. The molecule has 218 valence electrons. The number of aromatic nitrogens is 4. The van der Waals surface area contributed by atoms with E-state index in [9.17, 15) is 34.8 Å². The van der Waals surface area contributed by atoms with Gasteiger partial charge in [0.05, 0.1) is 26.7 Å². The molecule has 41 heavy (non-hydrogen) atoms. The number of piperidine rings is 1. The topological polar surface area (TPSA) is 92.5 Å². The molecule has 3 aromatic heterocycles. The number of alkyl halides is 6. The first-order chi connectivity index (χ1) is 19.2. The Balaban J connectivity index is 1.38. The number of hydrogen-bond donors (Lipinski definition) is 1. The SMILES string of the molecule is O=S(=O)(c1cc(C(F)(F)F)cc(C(F)(F)F)c1)N1CCC(c2cc(NCc3cccnc3)n3ncc(Br)c3n2)CC1. The first-order valence-corrected chi connectivity index (χ1v) is 14.4. The summed E-state index contributed by atoms with van der Waals surface area (Å²) in [6.45, 7) is 0.212. The molecule has 1 N–H and O–H groups in total. The van der Waals surface area contributed by atoms with Gasteiger partial charge in [0.25, 0.3) is 0 Å². The largest absolute Gasteiger partial charge is 0.416 e. The Kier molecular flexibility index (Phi) is 7.76. The van der Waals surface area contributed by atoms with Crippen molar-refractivity contribution >= 4 is 37.4 Å². The van der Waals surface area contributed by atoms with Crippen LogP contribution in [0, 0.1) is 0 Å². The number of nitrogens with one attached hydrogen (secondary N) is 1. The van der Waals surface area contributed by atoms with E-state index in [4.69, 9.17) is 0 Å². The van der Waals surface area contributed by atoms with Gasteiger partial charge in [-0.2, -0.15) is 40.3 Å². The zero-order valence-corrected chi connectivity index (χ0v) is 23.3. The van der Waals surface area contributed by atoms with Crippen molar-refractivity contribution in [2.24, 2.45) is 0 Å². The van der Waals surface area contributed by atoms with Crippen molar-refractivity contribution in [3.63, 3.8) is 0 Å². The molecule has 1 fully saturated rings. The Hall–Kier alpha value is -3.24. The number of benzene rings is 1. The molecule has 0 aliphatic carbocycles. The lowest BCUT2D eigenvalue weighted by Crippen LogP contribution is -2.38. The summed E-state index contributed by atoms with van der Waals surface area (Å²) in [5.41, 5.74) is -1.28. The Bertz CT molecular complexity index is 1640. The van der Waals surface area contributed by atoms with Crippen LogP contribution in [0.25, 0.3) is 5.65 Å². The van der Waals surface area contributed by atoms with E-state index in [1.807, 2.05) is 6.07 Å². The highest BCUT2D eigenvalue weighted by molar-refractivity contribution is 9.10. The molecule has 0 saturated carbocycles. The predicted octanol–water partition coefficient (Wildman–Crippen LogP) is 6.10. The fraction of sp³-hybridized carbons (Fsp3) is 0.320. The van der Waals surface area contributed by atoms with Crippen molar-refractivity contribution in [2.75, 3.05) is 18.4 Å². The fourth-order valence-corrected chi connectivity index (χ4v) is 6.49. The number of anilines is 1. The van der Waals surface area contributed by atoms with Gasteiger partial charge in [0, 0.05) is 49.7 Å². The second-order valence-corrected chi connectivity index (χ2v) is 12.2. The number of pyridine rings is 1. The van der Waals surface area contributed by atoms with Crippen LogP contribution in [0.2, 0.25) is 0 Å². The molecule has 0 radical (unpaired) electrons. The summed E-state index contributed by atoms with van der Waals surface area (Å²) >= 11 is 3.42. The molecule has 0 atom stereocenters. The lowest BCUT2D eigenvalue weighted by molar-refractivity contribution is -0.143. The van der Waals surface area contributed by atoms with Crippen molar-refractivity contribution in [3.05, 3.63) is 81.8 Å². The number of sulfonamides is 1. The molecule has 16 heteroatoms. The van der Waals surface area contributed by atoms with Gasteiger partial charge in [0.15, 0.2) is 5.65 Å². The van der Waals surface area contributed by atoms with Crippen LogP contribution < -0.4 is 5.32 Å². The summed E-state index contributed by atoms with van der Waals surface area (Å²) in [4.78, 5) is 7.72. The van der Waals surface area contributed by atoms with Crippen molar-refractivity contribution in [1.82, 2.24) is 23.9 Å². The van der Waals surface area contributed by atoms with E-state index in [0.717, 1.165) is 9.87 Å². The minimum atomic E-state index is -5.16. The zero-order chi connectivity index (χ0) is 29.6. The molecule has 0 spiro atoms. The van der Waals surface area contributed by atoms with E-state index in [2.05, 4.69) is 36.3 Å². The number of rotatable bonds is 6. The Morgan fingerprint density at radius 2 is 1.63 bits per heavy atom. The monoisotopic (exact) mass is 662 g/mol. The molecule has 0 unspecified atom stereocenters. The first-order valence-electron chi connectivity index (χ1n) is 12.2. The second kappa shape index (κ2) is 10.9. The molecule has 4 heterocycles. The van der Waals surface area contributed by atoms with Crippen molar-refractivity contribution < 1.29 is 34.8 Å². The highest BCUT2D eigenvalue weighted by atomic mass is 79.9. The van der Waals surface area contributed by atoms with E-state index in [1.165, 1.54) is 0 Å². The summed E-state index contributed by atoms with van der Waals surface area (Å²) in [5.74, 6) is 0.401. The van der Waals surface area contributed by atoms with Crippen LogP contribution in [-0.2, 0) is 28.9 Å². The van der Waals surface area contributed by atoms with Crippen molar-refractivity contribution in [2.45, 2.75) is 42.6 Å². The van der Waals surface area contributed by atoms with Crippen molar-refractivity contribution in [1.29, 1.82) is 0 Å². The van der Waals surface area contributed by atoms with Crippen LogP contribution in [-0.4, -0.2) is 45.4 Å². The standard InChI is InChI=1S/C25H21BrF6N6O2S/c26-20-14-35-38-22(34-13-15-2-1-5-33-12-15)11-21(36-23(20)38)16-3-6-37(7-4-16)41(39,40)19-9-17(24(27,28)29)8-18(10-19)25(30,31)32/h1-2,5,8-12,14,16,34H,3-4,6-7,13H2. The predicted molar refractivity (Wildman–Crippen MR) is 139 cm³/mol. The minimum Gasteiger partial charge on any atom is -0.366 e. The third-order valence-electron chi connectivity index (χ3n) is 6.72. The first kappa shape index (κ1) is 29.3. The van der Waals surface area contributed by atoms with Gasteiger partial charge in [0.1, 0.15) is 5.82 Å². The van der Waals surface area contributed by atoms with Gasteiger partial charge < -0.3 is 5.32 Å².